The van der Waals surface area contributed by atoms with Crippen molar-refractivity contribution in [1.82, 2.24) is 5.32 Å². The molecule has 3 rings (SSSR count). The van der Waals surface area contributed by atoms with E-state index in [1.165, 1.54) is 30.4 Å². The Kier molecular flexibility index (Phi) is 3.44. The molecule has 0 aromatic heterocycles. The fraction of sp³-hybridized carbons (Fsp3) is 0.684. The largest absolute Gasteiger partial charge is 0.309 e. The Morgan fingerprint density at radius 1 is 1.10 bits per heavy atom. The van der Waals surface area contributed by atoms with Crippen LogP contribution in [0.15, 0.2) is 24.3 Å². The number of nitrogens with one attached hydrogen (secondary N) is 1. The topological polar surface area (TPSA) is 12.0 Å². The van der Waals surface area contributed by atoms with Crippen molar-refractivity contribution in [2.75, 3.05) is 0 Å². The lowest BCUT2D eigenvalue weighted by Crippen LogP contribution is -2.49. The molecule has 2 aliphatic rings. The van der Waals surface area contributed by atoms with E-state index in [0.29, 0.717) is 16.9 Å². The molecule has 2 aliphatic carbocycles. The number of aryl methyl sites for hydroxylation is 1. The Balaban J connectivity index is 1.68. The summed E-state index contributed by atoms with van der Waals surface area (Å²) < 4.78 is 0. The van der Waals surface area contributed by atoms with E-state index in [-0.39, 0.29) is 0 Å². The zero-order valence-electron chi connectivity index (χ0n) is 13.5. The summed E-state index contributed by atoms with van der Waals surface area (Å²) in [6.07, 6.45) is 5.40. The second kappa shape index (κ2) is 4.87. The smallest absolute Gasteiger partial charge is 0.0208 e. The molecule has 0 heterocycles. The summed E-state index contributed by atoms with van der Waals surface area (Å²) in [4.78, 5) is 0. The van der Waals surface area contributed by atoms with Gasteiger partial charge in [-0.25, -0.2) is 0 Å². The van der Waals surface area contributed by atoms with Crippen molar-refractivity contribution in [2.45, 2.75) is 66.0 Å². The molecule has 20 heavy (non-hydrogen) atoms. The molecule has 1 aromatic rings. The third kappa shape index (κ3) is 2.20. The van der Waals surface area contributed by atoms with Crippen molar-refractivity contribution in [3.63, 3.8) is 0 Å². The van der Waals surface area contributed by atoms with Crippen LogP contribution in [0.5, 0.6) is 0 Å². The number of hydrogen-bond donors (Lipinski definition) is 1. The van der Waals surface area contributed by atoms with Gasteiger partial charge in [-0.2, -0.15) is 0 Å². The first-order valence-corrected chi connectivity index (χ1v) is 8.27. The van der Waals surface area contributed by atoms with Gasteiger partial charge in [0, 0.05) is 12.6 Å². The molecule has 0 spiro atoms. The average Bonchev–Trinajstić information content (AvgIpc) is 2.90. The zero-order chi connectivity index (χ0) is 14.4. The third-order valence-electron chi connectivity index (χ3n) is 6.21. The van der Waals surface area contributed by atoms with Gasteiger partial charge in [0.2, 0.25) is 0 Å². The van der Waals surface area contributed by atoms with Gasteiger partial charge < -0.3 is 5.32 Å². The Labute approximate surface area is 124 Å². The minimum absolute atomic E-state index is 0.455. The van der Waals surface area contributed by atoms with Crippen LogP contribution in [-0.2, 0) is 13.0 Å². The van der Waals surface area contributed by atoms with Crippen LogP contribution in [-0.4, -0.2) is 6.04 Å². The summed E-state index contributed by atoms with van der Waals surface area (Å²) in [6.45, 7) is 10.7. The van der Waals surface area contributed by atoms with Crippen molar-refractivity contribution in [3.8, 4) is 0 Å². The standard InChI is InChI=1S/C19H29N/c1-5-14-6-8-15(9-7-14)13-20-17-18(2,3)16-10-11-19(17,4)12-16/h6-9,16-17,20H,5,10-13H2,1-4H3/t16-,17?,19+/m0/s1. The molecule has 1 heteroatoms. The van der Waals surface area contributed by atoms with Crippen LogP contribution in [0.2, 0.25) is 0 Å². The van der Waals surface area contributed by atoms with E-state index in [1.54, 1.807) is 0 Å². The normalized spacial score (nSPS) is 34.6. The summed E-state index contributed by atoms with van der Waals surface area (Å²) in [7, 11) is 0. The molecule has 2 bridgehead atoms. The van der Waals surface area contributed by atoms with Crippen LogP contribution in [0.4, 0.5) is 0 Å². The highest BCUT2D eigenvalue weighted by Crippen LogP contribution is 2.62. The Bertz CT molecular complexity index is 468. The predicted molar refractivity (Wildman–Crippen MR) is 85.7 cm³/mol. The number of hydrogen-bond acceptors (Lipinski definition) is 1. The SMILES string of the molecule is CCc1ccc(CNC2C(C)(C)[C@H]3CC[C@]2(C)C3)cc1. The van der Waals surface area contributed by atoms with E-state index in [9.17, 15) is 0 Å². The van der Waals surface area contributed by atoms with Gasteiger partial charge in [-0.3, -0.25) is 0 Å². The van der Waals surface area contributed by atoms with Crippen molar-refractivity contribution >= 4 is 0 Å². The fourth-order valence-electron chi connectivity index (χ4n) is 4.92. The van der Waals surface area contributed by atoms with Gasteiger partial charge in [-0.1, -0.05) is 52.0 Å². The molecular weight excluding hydrogens is 242 g/mol. The van der Waals surface area contributed by atoms with Crippen LogP contribution < -0.4 is 5.32 Å². The minimum Gasteiger partial charge on any atom is -0.309 e. The van der Waals surface area contributed by atoms with Crippen molar-refractivity contribution < 1.29 is 0 Å². The van der Waals surface area contributed by atoms with Gasteiger partial charge >= 0.3 is 0 Å². The monoisotopic (exact) mass is 271 g/mol. The first-order chi connectivity index (χ1) is 9.45. The van der Waals surface area contributed by atoms with Gasteiger partial charge in [0.25, 0.3) is 0 Å². The summed E-state index contributed by atoms with van der Waals surface area (Å²) in [5.41, 5.74) is 3.83. The molecule has 2 saturated carbocycles. The van der Waals surface area contributed by atoms with Gasteiger partial charge in [0.15, 0.2) is 0 Å². The quantitative estimate of drug-likeness (QED) is 0.847. The van der Waals surface area contributed by atoms with E-state index >= 15 is 0 Å². The van der Waals surface area contributed by atoms with E-state index in [1.807, 2.05) is 0 Å². The number of benzene rings is 1. The first kappa shape index (κ1) is 14.1. The van der Waals surface area contributed by atoms with E-state index in [2.05, 4.69) is 57.3 Å². The molecule has 2 fully saturated rings. The lowest BCUT2D eigenvalue weighted by Gasteiger charge is -2.43. The minimum atomic E-state index is 0.455. The molecule has 110 valence electrons. The highest BCUT2D eigenvalue weighted by Gasteiger charge is 2.58. The van der Waals surface area contributed by atoms with Crippen LogP contribution in [0.1, 0.15) is 58.1 Å². The van der Waals surface area contributed by atoms with Gasteiger partial charge in [-0.05, 0) is 53.6 Å². The highest BCUT2D eigenvalue weighted by atomic mass is 15.0. The molecule has 1 N–H and O–H groups in total. The van der Waals surface area contributed by atoms with Gasteiger partial charge in [0.05, 0.1) is 0 Å². The van der Waals surface area contributed by atoms with Crippen molar-refractivity contribution in [2.24, 2.45) is 16.7 Å². The molecule has 0 aliphatic heterocycles. The third-order valence-corrected chi connectivity index (χ3v) is 6.21. The predicted octanol–water partition coefficient (Wildman–Crippen LogP) is 4.55. The number of rotatable bonds is 4. The molecule has 1 aromatic carbocycles. The number of fused-ring (bicyclic) bond motifs is 2. The second-order valence-corrected chi connectivity index (χ2v) is 7.90. The molecule has 3 atom stereocenters. The molecule has 0 amide bonds. The van der Waals surface area contributed by atoms with Crippen molar-refractivity contribution in [3.05, 3.63) is 35.4 Å². The Hall–Kier alpha value is -0.820. The lowest BCUT2D eigenvalue weighted by molar-refractivity contribution is 0.108. The molecule has 1 unspecified atom stereocenters. The van der Waals surface area contributed by atoms with E-state index in [0.717, 1.165) is 18.9 Å². The zero-order valence-corrected chi connectivity index (χ0v) is 13.5. The maximum atomic E-state index is 3.90. The van der Waals surface area contributed by atoms with Crippen LogP contribution in [0, 0.1) is 16.7 Å². The molecular formula is C19H29N. The van der Waals surface area contributed by atoms with E-state index in [4.69, 9.17) is 0 Å². The average molecular weight is 271 g/mol. The lowest BCUT2D eigenvalue weighted by atomic mass is 9.68. The first-order valence-electron chi connectivity index (χ1n) is 8.27. The summed E-state index contributed by atoms with van der Waals surface area (Å²) in [5, 5.41) is 3.90. The van der Waals surface area contributed by atoms with Gasteiger partial charge in [0.1, 0.15) is 0 Å². The highest BCUT2D eigenvalue weighted by molar-refractivity contribution is 5.23. The van der Waals surface area contributed by atoms with Crippen LogP contribution >= 0.6 is 0 Å². The summed E-state index contributed by atoms with van der Waals surface area (Å²) in [5.74, 6) is 0.924. The Morgan fingerprint density at radius 3 is 2.30 bits per heavy atom. The molecule has 1 nitrogen and oxygen atoms in total. The summed E-state index contributed by atoms with van der Waals surface area (Å²) >= 11 is 0. The maximum Gasteiger partial charge on any atom is 0.0208 e. The maximum absolute atomic E-state index is 3.90. The van der Waals surface area contributed by atoms with Crippen LogP contribution in [0.3, 0.4) is 0 Å². The van der Waals surface area contributed by atoms with Gasteiger partial charge in [-0.15, -0.1) is 0 Å². The fourth-order valence-corrected chi connectivity index (χ4v) is 4.92. The van der Waals surface area contributed by atoms with E-state index < -0.39 is 0 Å². The molecule has 0 saturated heterocycles. The van der Waals surface area contributed by atoms with Crippen LogP contribution in [0.25, 0.3) is 0 Å². The molecule has 0 radical (unpaired) electrons. The van der Waals surface area contributed by atoms with Crippen molar-refractivity contribution in [1.29, 1.82) is 0 Å². The summed E-state index contributed by atoms with van der Waals surface area (Å²) in [6, 6.07) is 9.78. The second-order valence-electron chi connectivity index (χ2n) is 7.90. The Morgan fingerprint density at radius 2 is 1.75 bits per heavy atom.